The molecule has 2 aromatic carbocycles. The number of Topliss-reactive ketones (excluding diaryl/α,β-unsaturated/α-hetero) is 1. The molecular weight excluding hydrogens is 450 g/mol. The quantitative estimate of drug-likeness (QED) is 0.383. The molecule has 0 N–H and O–H groups in total. The molecule has 2 fully saturated rings. The van der Waals surface area contributed by atoms with Crippen molar-refractivity contribution in [1.29, 1.82) is 0 Å². The highest BCUT2D eigenvalue weighted by atomic mass is 16.5. The molecule has 0 radical (unpaired) electrons. The Hall–Kier alpha value is -2.82. The molecule has 0 unspecified atom stereocenters. The van der Waals surface area contributed by atoms with Gasteiger partial charge in [0.2, 0.25) is 5.91 Å². The lowest BCUT2D eigenvalue weighted by Crippen LogP contribution is -2.29. The van der Waals surface area contributed by atoms with Crippen LogP contribution >= 0.6 is 0 Å². The Labute approximate surface area is 215 Å². The fourth-order valence-electron chi connectivity index (χ4n) is 5.95. The van der Waals surface area contributed by atoms with Crippen molar-refractivity contribution < 1.29 is 19.1 Å². The summed E-state index contributed by atoms with van der Waals surface area (Å²) in [6.45, 7) is 2.62. The molecule has 1 saturated carbocycles. The summed E-state index contributed by atoms with van der Waals surface area (Å²) in [5, 5.41) is 0. The van der Waals surface area contributed by atoms with Crippen LogP contribution in [-0.2, 0) is 17.6 Å². The molecule has 1 amide bonds. The molecule has 36 heavy (non-hydrogen) atoms. The molecule has 2 aromatic rings. The van der Waals surface area contributed by atoms with Gasteiger partial charge in [-0.3, -0.25) is 9.59 Å². The predicted molar refractivity (Wildman–Crippen MR) is 141 cm³/mol. The fraction of sp³-hybridized carbons (Fsp3) is 0.548. The summed E-state index contributed by atoms with van der Waals surface area (Å²) in [6.07, 6.45) is 12.0. The fourth-order valence-corrected chi connectivity index (χ4v) is 5.95. The van der Waals surface area contributed by atoms with Crippen LogP contribution in [0.15, 0.2) is 42.5 Å². The molecule has 0 bridgehead atoms. The smallest absolute Gasteiger partial charge is 0.222 e. The number of likely N-dealkylation sites (tertiary alicyclic amines) is 1. The van der Waals surface area contributed by atoms with Crippen molar-refractivity contribution in [3.63, 3.8) is 0 Å². The summed E-state index contributed by atoms with van der Waals surface area (Å²) in [4.78, 5) is 26.3. The third-order valence-electron chi connectivity index (χ3n) is 8.12. The number of hydrogen-bond donors (Lipinski definition) is 0. The van der Waals surface area contributed by atoms with Gasteiger partial charge in [-0.1, -0.05) is 44.2 Å². The van der Waals surface area contributed by atoms with Crippen molar-refractivity contribution in [3.8, 4) is 11.5 Å². The lowest BCUT2D eigenvalue weighted by Gasteiger charge is -2.26. The van der Waals surface area contributed by atoms with Gasteiger partial charge in [0, 0.05) is 24.9 Å². The largest absolute Gasteiger partial charge is 0.493 e. The molecule has 1 aliphatic carbocycles. The summed E-state index contributed by atoms with van der Waals surface area (Å²) < 4.78 is 11.9. The van der Waals surface area contributed by atoms with Crippen LogP contribution in [0.1, 0.15) is 79.3 Å². The Morgan fingerprint density at radius 1 is 1.00 bits per heavy atom. The van der Waals surface area contributed by atoms with Gasteiger partial charge < -0.3 is 14.4 Å². The van der Waals surface area contributed by atoms with Gasteiger partial charge in [0.05, 0.1) is 13.2 Å². The highest BCUT2D eigenvalue weighted by Crippen LogP contribution is 2.33. The Bertz CT molecular complexity index is 1040. The first kappa shape index (κ1) is 24.9. The summed E-state index contributed by atoms with van der Waals surface area (Å²) in [7, 11) is 0. The number of amides is 1. The molecule has 0 aromatic heterocycles. The number of fused-ring (bicyclic) bond motifs is 1. The van der Waals surface area contributed by atoms with E-state index >= 15 is 0 Å². The average molecular weight is 490 g/mol. The first-order chi connectivity index (χ1) is 17.6. The van der Waals surface area contributed by atoms with Gasteiger partial charge >= 0.3 is 0 Å². The number of hydrogen-bond acceptors (Lipinski definition) is 4. The number of benzene rings is 2. The SMILES string of the molecule is O=C(CC[C@H]1COc2cc(CC3CCCCC3)ccc2C1)c1ccc(OCCN2CCCC2=O)cc1. The van der Waals surface area contributed by atoms with E-state index in [2.05, 4.69) is 18.2 Å². The Morgan fingerprint density at radius 3 is 2.61 bits per heavy atom. The minimum atomic E-state index is 0.165. The zero-order valence-corrected chi connectivity index (χ0v) is 21.4. The van der Waals surface area contributed by atoms with Crippen molar-refractivity contribution >= 4 is 11.7 Å². The third-order valence-corrected chi connectivity index (χ3v) is 8.12. The molecule has 0 spiro atoms. The van der Waals surface area contributed by atoms with Gasteiger partial charge in [0.1, 0.15) is 18.1 Å². The third kappa shape index (κ3) is 6.48. The molecule has 2 heterocycles. The molecule has 2 aliphatic heterocycles. The second-order valence-electron chi connectivity index (χ2n) is 10.9. The molecule has 1 atom stereocenters. The Kier molecular flexibility index (Phi) is 8.25. The Balaban J connectivity index is 1.05. The number of ether oxygens (including phenoxy) is 2. The molecule has 3 aliphatic rings. The van der Waals surface area contributed by atoms with E-state index in [9.17, 15) is 9.59 Å². The monoisotopic (exact) mass is 489 g/mol. The van der Waals surface area contributed by atoms with E-state index in [1.165, 1.54) is 49.7 Å². The van der Waals surface area contributed by atoms with Gasteiger partial charge in [-0.05, 0) is 79.0 Å². The topological polar surface area (TPSA) is 55.8 Å². The van der Waals surface area contributed by atoms with E-state index < -0.39 is 0 Å². The highest BCUT2D eigenvalue weighted by molar-refractivity contribution is 5.96. The van der Waals surface area contributed by atoms with Crippen LogP contribution in [0, 0.1) is 11.8 Å². The number of carbonyl (C=O) groups excluding carboxylic acids is 2. The van der Waals surface area contributed by atoms with Crippen LogP contribution in [0.4, 0.5) is 0 Å². The molecule has 192 valence electrons. The normalized spacial score (nSPS) is 20.2. The maximum absolute atomic E-state index is 12.8. The summed E-state index contributed by atoms with van der Waals surface area (Å²) in [5.74, 6) is 3.37. The summed E-state index contributed by atoms with van der Waals surface area (Å²) in [5.41, 5.74) is 3.41. The Morgan fingerprint density at radius 2 is 1.83 bits per heavy atom. The van der Waals surface area contributed by atoms with Crippen LogP contribution in [-0.4, -0.2) is 42.9 Å². The number of ketones is 1. The maximum atomic E-state index is 12.8. The molecule has 1 saturated heterocycles. The van der Waals surface area contributed by atoms with Crippen molar-refractivity contribution in [2.24, 2.45) is 11.8 Å². The maximum Gasteiger partial charge on any atom is 0.222 e. The van der Waals surface area contributed by atoms with Gasteiger partial charge in [-0.15, -0.1) is 0 Å². The zero-order valence-electron chi connectivity index (χ0n) is 21.4. The first-order valence-corrected chi connectivity index (χ1v) is 13.9. The van der Waals surface area contributed by atoms with Crippen LogP contribution in [0.2, 0.25) is 0 Å². The van der Waals surface area contributed by atoms with E-state index in [1.54, 1.807) is 0 Å². The molecule has 5 nitrogen and oxygen atoms in total. The van der Waals surface area contributed by atoms with E-state index in [-0.39, 0.29) is 11.7 Å². The second kappa shape index (κ2) is 11.9. The van der Waals surface area contributed by atoms with E-state index in [0.717, 1.165) is 48.8 Å². The summed E-state index contributed by atoms with van der Waals surface area (Å²) >= 11 is 0. The first-order valence-electron chi connectivity index (χ1n) is 13.9. The minimum absolute atomic E-state index is 0.165. The lowest BCUT2D eigenvalue weighted by atomic mass is 9.84. The second-order valence-corrected chi connectivity index (χ2v) is 10.9. The van der Waals surface area contributed by atoms with Crippen molar-refractivity contribution in [3.05, 3.63) is 59.2 Å². The van der Waals surface area contributed by atoms with Gasteiger partial charge in [-0.2, -0.15) is 0 Å². The number of nitrogens with zero attached hydrogens (tertiary/aromatic N) is 1. The van der Waals surface area contributed by atoms with Gasteiger partial charge in [-0.25, -0.2) is 0 Å². The number of rotatable bonds is 10. The summed E-state index contributed by atoms with van der Waals surface area (Å²) in [6, 6.07) is 14.2. The predicted octanol–water partition coefficient (Wildman–Crippen LogP) is 6.02. The van der Waals surface area contributed by atoms with E-state index in [1.807, 2.05) is 29.2 Å². The average Bonchev–Trinajstić information content (AvgIpc) is 3.32. The van der Waals surface area contributed by atoms with Crippen molar-refractivity contribution in [2.45, 2.75) is 70.6 Å². The minimum Gasteiger partial charge on any atom is -0.493 e. The van der Waals surface area contributed by atoms with Crippen molar-refractivity contribution in [2.75, 3.05) is 26.3 Å². The van der Waals surface area contributed by atoms with E-state index in [4.69, 9.17) is 9.47 Å². The van der Waals surface area contributed by atoms with Crippen LogP contribution in [0.3, 0.4) is 0 Å². The van der Waals surface area contributed by atoms with Crippen LogP contribution in [0.25, 0.3) is 0 Å². The number of carbonyl (C=O) groups is 2. The van der Waals surface area contributed by atoms with Crippen LogP contribution < -0.4 is 9.47 Å². The molecule has 5 rings (SSSR count). The van der Waals surface area contributed by atoms with Gasteiger partial charge in [0.15, 0.2) is 5.78 Å². The van der Waals surface area contributed by atoms with Crippen LogP contribution in [0.5, 0.6) is 11.5 Å². The van der Waals surface area contributed by atoms with E-state index in [0.29, 0.717) is 38.5 Å². The molecular formula is C31H39NO4. The zero-order chi connectivity index (χ0) is 24.7. The lowest BCUT2D eigenvalue weighted by molar-refractivity contribution is -0.128. The standard InChI is InChI=1S/C31H39NO4/c33-29(26-11-13-28(14-12-26)35-18-17-32-16-4-7-31(32)34)15-9-25-20-27-10-8-24(21-30(27)36-22-25)19-23-5-2-1-3-6-23/h8,10-14,21,23,25H,1-7,9,15-20,22H2/t25-/m1/s1. The highest BCUT2D eigenvalue weighted by Gasteiger charge is 2.23. The molecule has 5 heteroatoms. The van der Waals surface area contributed by atoms with Gasteiger partial charge in [0.25, 0.3) is 0 Å². The van der Waals surface area contributed by atoms with Crippen molar-refractivity contribution in [1.82, 2.24) is 4.90 Å².